The molecule has 26 heavy (non-hydrogen) atoms. The number of amides is 1. The van der Waals surface area contributed by atoms with E-state index in [2.05, 4.69) is 5.32 Å². The Morgan fingerprint density at radius 2 is 1.54 bits per heavy atom. The predicted octanol–water partition coefficient (Wildman–Crippen LogP) is 2.87. The Morgan fingerprint density at radius 3 is 2.12 bits per heavy atom. The van der Waals surface area contributed by atoms with Crippen molar-refractivity contribution in [3.8, 4) is 0 Å². The van der Waals surface area contributed by atoms with Crippen molar-refractivity contribution in [1.82, 2.24) is 5.32 Å². The molecular weight excluding hydrogens is 354 g/mol. The molecule has 0 aliphatic carbocycles. The number of ether oxygens (including phenoxy) is 1. The molecule has 0 saturated heterocycles. The average Bonchev–Trinajstić information content (AvgIpc) is 2.65. The van der Waals surface area contributed by atoms with Gasteiger partial charge in [-0.3, -0.25) is 9.59 Å². The van der Waals surface area contributed by atoms with E-state index in [0.29, 0.717) is 11.8 Å². The molecule has 0 spiro atoms. The van der Waals surface area contributed by atoms with Crippen molar-refractivity contribution >= 4 is 28.9 Å². The van der Waals surface area contributed by atoms with Crippen molar-refractivity contribution in [1.29, 1.82) is 0 Å². The fourth-order valence-electron chi connectivity index (χ4n) is 2.18. The molecular formula is C19H19NO5S. The summed E-state index contributed by atoms with van der Waals surface area (Å²) in [5.74, 6) is -1.45. The lowest BCUT2D eigenvalue weighted by molar-refractivity contribution is -0.134. The van der Waals surface area contributed by atoms with Crippen LogP contribution in [0.4, 0.5) is 4.79 Å². The molecule has 6 nitrogen and oxygen atoms in total. The molecule has 0 aliphatic heterocycles. The molecule has 0 aliphatic rings. The summed E-state index contributed by atoms with van der Waals surface area (Å²) >= 11 is 0.660. The van der Waals surface area contributed by atoms with Crippen molar-refractivity contribution in [2.24, 2.45) is 0 Å². The second-order valence-corrected chi connectivity index (χ2v) is 6.43. The Balaban J connectivity index is 1.96. The molecule has 0 heterocycles. The molecule has 2 aromatic rings. The van der Waals surface area contributed by atoms with Gasteiger partial charge in [0.25, 0.3) is 0 Å². The molecule has 1 atom stereocenters. The number of carbonyl (C=O) groups is 3. The van der Waals surface area contributed by atoms with Crippen LogP contribution in [-0.2, 0) is 27.4 Å². The van der Waals surface area contributed by atoms with Crippen molar-refractivity contribution in [2.45, 2.75) is 19.1 Å². The number of alkyl carbamates (subject to hydrolysis) is 1. The van der Waals surface area contributed by atoms with Crippen molar-refractivity contribution in [2.75, 3.05) is 5.75 Å². The van der Waals surface area contributed by atoms with E-state index in [9.17, 15) is 14.4 Å². The molecule has 2 aromatic carbocycles. The summed E-state index contributed by atoms with van der Waals surface area (Å²) in [6.07, 6.45) is -0.466. The summed E-state index contributed by atoms with van der Waals surface area (Å²) in [6.45, 7) is 0.0845. The molecule has 2 N–H and O–H groups in total. The van der Waals surface area contributed by atoms with Crippen LogP contribution in [0.25, 0.3) is 0 Å². The largest absolute Gasteiger partial charge is 0.481 e. The van der Waals surface area contributed by atoms with Gasteiger partial charge in [-0.15, -0.1) is 0 Å². The van der Waals surface area contributed by atoms with E-state index in [4.69, 9.17) is 9.84 Å². The molecule has 7 heteroatoms. The summed E-state index contributed by atoms with van der Waals surface area (Å²) in [5.41, 5.74) is 1.68. The van der Waals surface area contributed by atoms with Crippen molar-refractivity contribution < 1.29 is 24.2 Å². The van der Waals surface area contributed by atoms with Gasteiger partial charge in [0.15, 0.2) is 0 Å². The van der Waals surface area contributed by atoms with Crippen LogP contribution < -0.4 is 5.32 Å². The number of rotatable bonds is 8. The highest BCUT2D eigenvalue weighted by Crippen LogP contribution is 2.12. The number of thioether (sulfide) groups is 1. The maximum Gasteiger partial charge on any atom is 0.408 e. The monoisotopic (exact) mass is 373 g/mol. The number of carboxylic acids is 1. The summed E-state index contributed by atoms with van der Waals surface area (Å²) in [5, 5.41) is 10.9. The average molecular weight is 373 g/mol. The summed E-state index contributed by atoms with van der Waals surface area (Å²) in [7, 11) is 0. The van der Waals surface area contributed by atoms with Crippen LogP contribution in [0.2, 0.25) is 0 Å². The lowest BCUT2D eigenvalue weighted by atomic mass is 10.1. The van der Waals surface area contributed by atoms with Gasteiger partial charge in [-0.25, -0.2) is 4.79 Å². The van der Waals surface area contributed by atoms with Gasteiger partial charge in [0, 0.05) is 6.42 Å². The minimum atomic E-state index is -1.09. The van der Waals surface area contributed by atoms with E-state index < -0.39 is 23.2 Å². The second-order valence-electron chi connectivity index (χ2n) is 5.45. The number of hydrogen-bond acceptors (Lipinski definition) is 5. The van der Waals surface area contributed by atoms with Crippen molar-refractivity contribution in [3.05, 3.63) is 71.8 Å². The number of carbonyl (C=O) groups excluding carboxylic acids is 2. The third kappa shape index (κ3) is 6.98. The van der Waals surface area contributed by atoms with E-state index in [-0.39, 0.29) is 18.8 Å². The fraction of sp³-hybridized carbons (Fsp3) is 0.211. The van der Waals surface area contributed by atoms with E-state index in [1.165, 1.54) is 0 Å². The topological polar surface area (TPSA) is 92.7 Å². The minimum absolute atomic E-state index is 0.0845. The Kier molecular flexibility index (Phi) is 7.70. The van der Waals surface area contributed by atoms with Gasteiger partial charge >= 0.3 is 12.1 Å². The van der Waals surface area contributed by atoms with Crippen LogP contribution in [0, 0.1) is 0 Å². The Hall–Kier alpha value is -2.80. The second kappa shape index (κ2) is 10.2. The smallest absolute Gasteiger partial charge is 0.408 e. The van der Waals surface area contributed by atoms with Gasteiger partial charge in [0.2, 0.25) is 5.12 Å². The first-order valence-corrected chi connectivity index (χ1v) is 8.92. The lowest BCUT2D eigenvalue weighted by Crippen LogP contribution is -2.41. The molecule has 1 amide bonds. The first kappa shape index (κ1) is 19.5. The van der Waals surface area contributed by atoms with E-state index in [1.807, 2.05) is 60.7 Å². The molecule has 0 bridgehead atoms. The van der Waals surface area contributed by atoms with Gasteiger partial charge in [0.05, 0.1) is 5.75 Å². The van der Waals surface area contributed by atoms with Crippen LogP contribution >= 0.6 is 11.8 Å². The minimum Gasteiger partial charge on any atom is -0.481 e. The zero-order valence-electron chi connectivity index (χ0n) is 14.0. The standard InChI is InChI=1S/C19H19NO5S/c21-17(22)13-26-18(23)16(11-14-7-3-1-4-8-14)20-19(24)25-12-15-9-5-2-6-10-15/h1-10,16H,11-13H2,(H,20,24)(H,21,22). The molecule has 136 valence electrons. The van der Waals surface area contributed by atoms with Crippen LogP contribution in [-0.4, -0.2) is 34.1 Å². The fourth-order valence-corrected chi connectivity index (χ4v) is 2.79. The van der Waals surface area contributed by atoms with E-state index >= 15 is 0 Å². The third-order valence-corrected chi connectivity index (χ3v) is 4.37. The number of carboxylic acid groups (broad SMARTS) is 1. The molecule has 2 rings (SSSR count). The van der Waals surface area contributed by atoms with Gasteiger partial charge in [-0.2, -0.15) is 0 Å². The van der Waals surface area contributed by atoms with Gasteiger partial charge < -0.3 is 15.2 Å². The van der Waals surface area contributed by atoms with Gasteiger partial charge in [0.1, 0.15) is 12.6 Å². The van der Waals surface area contributed by atoms with E-state index in [0.717, 1.165) is 11.1 Å². The first-order chi connectivity index (χ1) is 12.5. The van der Waals surface area contributed by atoms with Crippen LogP contribution in [0.3, 0.4) is 0 Å². The number of nitrogens with one attached hydrogen (secondary N) is 1. The summed E-state index contributed by atoms with van der Waals surface area (Å²) < 4.78 is 5.14. The third-order valence-electron chi connectivity index (χ3n) is 3.41. The number of benzene rings is 2. The quantitative estimate of drug-likeness (QED) is 0.739. The van der Waals surface area contributed by atoms with Crippen molar-refractivity contribution in [3.63, 3.8) is 0 Å². The molecule has 0 radical (unpaired) electrons. The zero-order chi connectivity index (χ0) is 18.8. The number of aliphatic carboxylic acids is 1. The van der Waals surface area contributed by atoms with Gasteiger partial charge in [-0.05, 0) is 11.1 Å². The first-order valence-electron chi connectivity index (χ1n) is 7.94. The molecule has 0 saturated carbocycles. The summed E-state index contributed by atoms with van der Waals surface area (Å²) in [4.78, 5) is 35.0. The molecule has 0 aromatic heterocycles. The van der Waals surface area contributed by atoms with Gasteiger partial charge in [-0.1, -0.05) is 72.4 Å². The Morgan fingerprint density at radius 1 is 0.962 bits per heavy atom. The Labute approximate surface area is 155 Å². The highest BCUT2D eigenvalue weighted by atomic mass is 32.2. The molecule has 0 fully saturated rings. The van der Waals surface area contributed by atoms with Crippen LogP contribution in [0.15, 0.2) is 60.7 Å². The summed E-state index contributed by atoms with van der Waals surface area (Å²) in [6, 6.07) is 17.5. The highest BCUT2D eigenvalue weighted by molar-refractivity contribution is 8.14. The lowest BCUT2D eigenvalue weighted by Gasteiger charge is -2.17. The molecule has 1 unspecified atom stereocenters. The van der Waals surface area contributed by atoms with Crippen LogP contribution in [0.1, 0.15) is 11.1 Å². The Bertz CT molecular complexity index is 736. The SMILES string of the molecule is O=C(O)CSC(=O)C(Cc1ccccc1)NC(=O)OCc1ccccc1. The highest BCUT2D eigenvalue weighted by Gasteiger charge is 2.23. The number of hydrogen-bond donors (Lipinski definition) is 2. The van der Waals surface area contributed by atoms with Crippen LogP contribution in [0.5, 0.6) is 0 Å². The maximum atomic E-state index is 12.3. The normalized spacial score (nSPS) is 11.4. The zero-order valence-corrected chi connectivity index (χ0v) is 14.8. The van der Waals surface area contributed by atoms with E-state index in [1.54, 1.807) is 0 Å². The predicted molar refractivity (Wildman–Crippen MR) is 98.8 cm³/mol. The maximum absolute atomic E-state index is 12.3.